The van der Waals surface area contributed by atoms with Crippen LogP contribution >= 0.6 is 11.3 Å². The number of ether oxygens (including phenoxy) is 2. The smallest absolute Gasteiger partial charge is 0.273 e. The highest BCUT2D eigenvalue weighted by Crippen LogP contribution is 2.26. The quantitative estimate of drug-likeness (QED) is 0.522. The van der Waals surface area contributed by atoms with Crippen LogP contribution in [0.4, 0.5) is 5.95 Å². The first-order chi connectivity index (χ1) is 15.6. The van der Waals surface area contributed by atoms with Crippen molar-refractivity contribution < 1.29 is 9.47 Å². The van der Waals surface area contributed by atoms with E-state index in [2.05, 4.69) is 11.0 Å². The normalized spacial score (nSPS) is 16.4. The lowest BCUT2D eigenvalue weighted by atomic mass is 10.1. The molecule has 1 fully saturated rings. The second kappa shape index (κ2) is 10.2. The number of hydrogen-bond acceptors (Lipinski definition) is 8. The summed E-state index contributed by atoms with van der Waals surface area (Å²) in [6.45, 7) is 3.14. The van der Waals surface area contributed by atoms with Gasteiger partial charge < -0.3 is 20.1 Å². The molecule has 1 aliphatic heterocycles. The van der Waals surface area contributed by atoms with E-state index in [1.54, 1.807) is 17.7 Å². The SMILES string of the molecule is COCCOCc1cc2nc(N3CCC[C@@H](N)C3)n(Cc3ccccc3C#N)c(=O)c2s1. The zero-order chi connectivity index (χ0) is 22.5. The van der Waals surface area contributed by atoms with E-state index >= 15 is 0 Å². The average Bonchev–Trinajstić information content (AvgIpc) is 3.22. The molecule has 4 rings (SSSR count). The number of nitriles is 1. The Labute approximate surface area is 190 Å². The van der Waals surface area contributed by atoms with E-state index in [4.69, 9.17) is 20.2 Å². The maximum Gasteiger partial charge on any atom is 0.273 e. The monoisotopic (exact) mass is 453 g/mol. The number of hydrogen-bond donors (Lipinski definition) is 1. The number of thiophene rings is 1. The van der Waals surface area contributed by atoms with E-state index < -0.39 is 0 Å². The first-order valence-corrected chi connectivity index (χ1v) is 11.5. The fourth-order valence-corrected chi connectivity index (χ4v) is 4.93. The van der Waals surface area contributed by atoms with Gasteiger partial charge in [0.1, 0.15) is 4.70 Å². The van der Waals surface area contributed by atoms with Gasteiger partial charge in [-0.25, -0.2) is 4.98 Å². The molecule has 0 spiro atoms. The Morgan fingerprint density at radius 1 is 1.34 bits per heavy atom. The highest BCUT2D eigenvalue weighted by molar-refractivity contribution is 7.18. The number of nitrogens with zero attached hydrogens (tertiary/aromatic N) is 4. The lowest BCUT2D eigenvalue weighted by Gasteiger charge is -2.33. The number of anilines is 1. The number of fused-ring (bicyclic) bond motifs is 1. The van der Waals surface area contributed by atoms with Gasteiger partial charge in [0.2, 0.25) is 5.95 Å². The predicted octanol–water partition coefficient (Wildman–Crippen LogP) is 2.47. The summed E-state index contributed by atoms with van der Waals surface area (Å²) in [5, 5.41) is 9.51. The highest BCUT2D eigenvalue weighted by Gasteiger charge is 2.24. The van der Waals surface area contributed by atoms with Crippen molar-refractivity contribution in [3.05, 3.63) is 56.7 Å². The van der Waals surface area contributed by atoms with Crippen LogP contribution in [0.1, 0.15) is 28.8 Å². The zero-order valence-corrected chi connectivity index (χ0v) is 18.9. The molecule has 9 heteroatoms. The predicted molar refractivity (Wildman–Crippen MR) is 125 cm³/mol. The molecule has 0 bridgehead atoms. The molecular formula is C23H27N5O3S. The molecule has 0 amide bonds. The Bertz CT molecular complexity index is 1180. The van der Waals surface area contributed by atoms with Gasteiger partial charge in [0.15, 0.2) is 0 Å². The van der Waals surface area contributed by atoms with Gasteiger partial charge in [0.05, 0.1) is 43.5 Å². The average molecular weight is 454 g/mol. The second-order valence-corrected chi connectivity index (χ2v) is 9.03. The number of piperidine rings is 1. The molecule has 3 aromatic rings. The van der Waals surface area contributed by atoms with Gasteiger partial charge in [-0.15, -0.1) is 11.3 Å². The minimum Gasteiger partial charge on any atom is -0.382 e. The van der Waals surface area contributed by atoms with Crippen molar-refractivity contribution in [3.63, 3.8) is 0 Å². The summed E-state index contributed by atoms with van der Waals surface area (Å²) >= 11 is 1.40. The van der Waals surface area contributed by atoms with Gasteiger partial charge in [-0.2, -0.15) is 5.26 Å². The molecule has 1 saturated heterocycles. The van der Waals surface area contributed by atoms with Crippen molar-refractivity contribution in [2.45, 2.75) is 32.0 Å². The lowest BCUT2D eigenvalue weighted by Crippen LogP contribution is -2.45. The topological polar surface area (TPSA) is 106 Å². The van der Waals surface area contributed by atoms with E-state index in [-0.39, 0.29) is 18.1 Å². The number of aromatic nitrogens is 2. The Morgan fingerprint density at radius 2 is 2.19 bits per heavy atom. The first-order valence-electron chi connectivity index (χ1n) is 10.7. The van der Waals surface area contributed by atoms with Gasteiger partial charge >= 0.3 is 0 Å². The van der Waals surface area contributed by atoms with Crippen molar-refractivity contribution in [1.29, 1.82) is 5.26 Å². The molecule has 0 saturated carbocycles. The van der Waals surface area contributed by atoms with Gasteiger partial charge in [-0.05, 0) is 30.5 Å². The third-order valence-electron chi connectivity index (χ3n) is 5.55. The maximum absolute atomic E-state index is 13.6. The second-order valence-electron chi connectivity index (χ2n) is 7.89. The van der Waals surface area contributed by atoms with Crippen LogP contribution in [0, 0.1) is 11.3 Å². The summed E-state index contributed by atoms with van der Waals surface area (Å²) in [5.74, 6) is 0.607. The molecule has 0 radical (unpaired) electrons. The van der Waals surface area contributed by atoms with E-state index in [0.717, 1.165) is 29.8 Å². The van der Waals surface area contributed by atoms with E-state index in [0.29, 0.717) is 48.1 Å². The number of nitrogens with two attached hydrogens (primary N) is 1. The van der Waals surface area contributed by atoms with Gasteiger partial charge in [-0.1, -0.05) is 18.2 Å². The number of benzene rings is 1. The van der Waals surface area contributed by atoms with Crippen molar-refractivity contribution in [3.8, 4) is 6.07 Å². The molecule has 1 aromatic carbocycles. The molecule has 1 atom stereocenters. The van der Waals surface area contributed by atoms with Crippen LogP contribution in [0.15, 0.2) is 35.1 Å². The maximum atomic E-state index is 13.6. The van der Waals surface area contributed by atoms with E-state index in [9.17, 15) is 10.1 Å². The van der Waals surface area contributed by atoms with Crippen LogP contribution in [0.25, 0.3) is 10.2 Å². The largest absolute Gasteiger partial charge is 0.382 e. The molecule has 32 heavy (non-hydrogen) atoms. The highest BCUT2D eigenvalue weighted by atomic mass is 32.1. The minimum atomic E-state index is -0.106. The Balaban J connectivity index is 1.76. The van der Waals surface area contributed by atoms with Crippen molar-refractivity contribution >= 4 is 27.5 Å². The molecule has 2 aromatic heterocycles. The van der Waals surface area contributed by atoms with Crippen molar-refractivity contribution in [1.82, 2.24) is 9.55 Å². The van der Waals surface area contributed by atoms with Crippen LogP contribution in [-0.4, -0.2) is 49.0 Å². The summed E-state index contributed by atoms with van der Waals surface area (Å²) in [4.78, 5) is 21.5. The fraction of sp³-hybridized carbons (Fsp3) is 0.435. The van der Waals surface area contributed by atoms with Crippen LogP contribution in [0.3, 0.4) is 0 Å². The summed E-state index contributed by atoms with van der Waals surface area (Å²) in [6.07, 6.45) is 1.91. The molecule has 8 nitrogen and oxygen atoms in total. The van der Waals surface area contributed by atoms with Crippen LogP contribution < -0.4 is 16.2 Å². The molecular weight excluding hydrogens is 426 g/mol. The molecule has 2 N–H and O–H groups in total. The van der Waals surface area contributed by atoms with Crippen LogP contribution in [0.5, 0.6) is 0 Å². The van der Waals surface area contributed by atoms with Gasteiger partial charge in [0.25, 0.3) is 5.56 Å². The summed E-state index contributed by atoms with van der Waals surface area (Å²) < 4.78 is 12.9. The Kier molecular flexibility index (Phi) is 7.17. The third-order valence-corrected chi connectivity index (χ3v) is 6.63. The third kappa shape index (κ3) is 4.84. The molecule has 3 heterocycles. The summed E-state index contributed by atoms with van der Waals surface area (Å²) in [5.41, 5.74) is 8.13. The summed E-state index contributed by atoms with van der Waals surface area (Å²) in [7, 11) is 1.63. The van der Waals surface area contributed by atoms with Gasteiger partial charge in [0, 0.05) is 31.1 Å². The molecule has 0 aliphatic carbocycles. The van der Waals surface area contributed by atoms with Crippen molar-refractivity contribution in [2.24, 2.45) is 5.73 Å². The number of methoxy groups -OCH3 is 1. The zero-order valence-electron chi connectivity index (χ0n) is 18.1. The molecule has 1 aliphatic rings. The Morgan fingerprint density at radius 3 is 2.97 bits per heavy atom. The lowest BCUT2D eigenvalue weighted by molar-refractivity contribution is 0.0629. The molecule has 0 unspecified atom stereocenters. The van der Waals surface area contributed by atoms with E-state index in [1.165, 1.54) is 11.3 Å². The first kappa shape index (κ1) is 22.4. The standard InChI is InChI=1S/C23H27N5O3S/c1-30-9-10-31-15-19-11-20-21(32-19)22(29)28(13-17-6-3-2-5-16(17)12-24)23(26-20)27-8-4-7-18(25)14-27/h2-3,5-6,11,18H,4,7-10,13-15,25H2,1H3/t18-/m1/s1. The van der Waals surface area contributed by atoms with Crippen molar-refractivity contribution in [2.75, 3.05) is 38.3 Å². The summed E-state index contributed by atoms with van der Waals surface area (Å²) in [6, 6.07) is 11.5. The minimum absolute atomic E-state index is 0.0448. The fourth-order valence-electron chi connectivity index (χ4n) is 3.95. The van der Waals surface area contributed by atoms with E-state index in [1.807, 2.05) is 24.3 Å². The van der Waals surface area contributed by atoms with Crippen LogP contribution in [0.2, 0.25) is 0 Å². The number of rotatable bonds is 8. The van der Waals surface area contributed by atoms with Gasteiger partial charge in [-0.3, -0.25) is 9.36 Å². The molecule has 168 valence electrons. The van der Waals surface area contributed by atoms with Crippen LogP contribution in [-0.2, 0) is 22.6 Å². The Hall–Kier alpha value is -2.77.